The predicted molar refractivity (Wildman–Crippen MR) is 85.9 cm³/mol. The molecule has 1 fully saturated rings. The van der Waals surface area contributed by atoms with Crippen molar-refractivity contribution in [1.82, 2.24) is 9.88 Å². The highest BCUT2D eigenvalue weighted by Crippen LogP contribution is 2.19. The van der Waals surface area contributed by atoms with E-state index in [0.29, 0.717) is 16.4 Å². The first-order valence-electron chi connectivity index (χ1n) is 7.11. The van der Waals surface area contributed by atoms with Gasteiger partial charge in [-0.3, -0.25) is 4.79 Å². The third kappa shape index (κ3) is 3.35. The highest BCUT2D eigenvalue weighted by atomic mass is 32.1. The molecule has 1 saturated heterocycles. The van der Waals surface area contributed by atoms with Crippen molar-refractivity contribution in [2.24, 2.45) is 0 Å². The van der Waals surface area contributed by atoms with E-state index in [-0.39, 0.29) is 12.0 Å². The third-order valence-electron chi connectivity index (χ3n) is 3.57. The Hall–Kier alpha value is -2.16. The number of nitrogens with zero attached hydrogens (tertiary/aromatic N) is 2. The van der Waals surface area contributed by atoms with Gasteiger partial charge in [0.05, 0.1) is 12.3 Å². The van der Waals surface area contributed by atoms with Gasteiger partial charge in [0.1, 0.15) is 4.88 Å². The summed E-state index contributed by atoms with van der Waals surface area (Å²) in [5.74, 6) is 6.08. The Morgan fingerprint density at radius 2 is 2.18 bits per heavy atom. The minimum Gasteiger partial charge on any atom is -0.380 e. The zero-order valence-corrected chi connectivity index (χ0v) is 13.1. The number of ether oxygens (including phenoxy) is 1. The molecule has 0 N–H and O–H groups in total. The van der Waals surface area contributed by atoms with E-state index in [1.54, 1.807) is 13.3 Å². The van der Waals surface area contributed by atoms with E-state index in [0.717, 1.165) is 18.5 Å². The maximum absolute atomic E-state index is 12.4. The number of benzene rings is 1. The van der Waals surface area contributed by atoms with Crippen molar-refractivity contribution in [3.05, 3.63) is 52.0 Å². The maximum atomic E-state index is 12.4. The normalized spacial score (nSPS) is 17.1. The van der Waals surface area contributed by atoms with Gasteiger partial charge in [-0.1, -0.05) is 24.1 Å². The second-order valence-corrected chi connectivity index (χ2v) is 6.07. The van der Waals surface area contributed by atoms with Gasteiger partial charge in [0, 0.05) is 25.8 Å². The van der Waals surface area contributed by atoms with Crippen LogP contribution in [0.2, 0.25) is 0 Å². The monoisotopic (exact) mass is 312 g/mol. The van der Waals surface area contributed by atoms with Crippen molar-refractivity contribution in [2.45, 2.75) is 12.5 Å². The molecule has 1 aliphatic heterocycles. The smallest absolute Gasteiger partial charge is 0.265 e. The second kappa shape index (κ2) is 6.73. The van der Waals surface area contributed by atoms with E-state index in [1.165, 1.54) is 11.3 Å². The summed E-state index contributed by atoms with van der Waals surface area (Å²) in [6.07, 6.45) is 2.65. The SMILES string of the molecule is COC1CCN(C(=O)c2cnc(C#Cc3ccccc3)s2)C1. The molecule has 4 nitrogen and oxygen atoms in total. The fraction of sp³-hybridized carbons (Fsp3) is 0.294. The average Bonchev–Trinajstić information content (AvgIpc) is 3.22. The first kappa shape index (κ1) is 14.8. The van der Waals surface area contributed by atoms with Crippen LogP contribution in [0.3, 0.4) is 0 Å². The zero-order valence-electron chi connectivity index (χ0n) is 12.3. The van der Waals surface area contributed by atoms with E-state index in [2.05, 4.69) is 16.8 Å². The van der Waals surface area contributed by atoms with Gasteiger partial charge in [-0.25, -0.2) is 4.98 Å². The Morgan fingerprint density at radius 3 is 2.91 bits per heavy atom. The van der Waals surface area contributed by atoms with E-state index >= 15 is 0 Å². The molecule has 1 atom stereocenters. The van der Waals surface area contributed by atoms with Crippen LogP contribution in [-0.4, -0.2) is 42.1 Å². The topological polar surface area (TPSA) is 42.4 Å². The second-order valence-electron chi connectivity index (χ2n) is 5.04. The van der Waals surface area contributed by atoms with Gasteiger partial charge in [-0.05, 0) is 24.5 Å². The molecule has 0 spiro atoms. The molecule has 1 aromatic carbocycles. The molecule has 1 aromatic heterocycles. The van der Waals surface area contributed by atoms with E-state index in [4.69, 9.17) is 4.74 Å². The molecule has 1 aliphatic rings. The summed E-state index contributed by atoms with van der Waals surface area (Å²) in [6.45, 7) is 1.39. The molecule has 0 aliphatic carbocycles. The van der Waals surface area contributed by atoms with Gasteiger partial charge >= 0.3 is 0 Å². The average molecular weight is 312 g/mol. The summed E-state index contributed by atoms with van der Waals surface area (Å²) in [7, 11) is 1.68. The van der Waals surface area contributed by atoms with Crippen LogP contribution in [0.15, 0.2) is 36.5 Å². The van der Waals surface area contributed by atoms with Crippen LogP contribution in [0.4, 0.5) is 0 Å². The van der Waals surface area contributed by atoms with Gasteiger partial charge < -0.3 is 9.64 Å². The van der Waals surface area contributed by atoms with E-state index in [1.807, 2.05) is 35.2 Å². The zero-order chi connectivity index (χ0) is 15.4. The number of likely N-dealkylation sites (tertiary alicyclic amines) is 1. The van der Waals surface area contributed by atoms with Gasteiger partial charge in [-0.2, -0.15) is 0 Å². The molecule has 0 saturated carbocycles. The number of aromatic nitrogens is 1. The quantitative estimate of drug-likeness (QED) is 0.800. The lowest BCUT2D eigenvalue weighted by atomic mass is 10.2. The number of hydrogen-bond donors (Lipinski definition) is 0. The van der Waals surface area contributed by atoms with Crippen LogP contribution >= 0.6 is 11.3 Å². The van der Waals surface area contributed by atoms with Crippen molar-refractivity contribution in [3.8, 4) is 11.8 Å². The lowest BCUT2D eigenvalue weighted by Crippen LogP contribution is -2.29. The van der Waals surface area contributed by atoms with Crippen LogP contribution in [0, 0.1) is 11.8 Å². The van der Waals surface area contributed by atoms with Crippen LogP contribution in [0.1, 0.15) is 26.7 Å². The highest BCUT2D eigenvalue weighted by molar-refractivity contribution is 7.14. The fourth-order valence-corrected chi connectivity index (χ4v) is 3.08. The predicted octanol–water partition coefficient (Wildman–Crippen LogP) is 2.40. The first-order valence-corrected chi connectivity index (χ1v) is 7.93. The Labute approximate surface area is 133 Å². The minimum atomic E-state index is 0.0183. The first-order chi connectivity index (χ1) is 10.8. The summed E-state index contributed by atoms with van der Waals surface area (Å²) in [5, 5.41) is 0.662. The molecule has 2 aromatic rings. The molecule has 1 unspecified atom stereocenters. The molecule has 5 heteroatoms. The number of carbonyl (C=O) groups excluding carboxylic acids is 1. The number of amides is 1. The molecular weight excluding hydrogens is 296 g/mol. The fourth-order valence-electron chi connectivity index (χ4n) is 2.34. The number of thiazole rings is 1. The minimum absolute atomic E-state index is 0.0183. The van der Waals surface area contributed by atoms with Crippen LogP contribution in [-0.2, 0) is 4.74 Å². The number of methoxy groups -OCH3 is 1. The summed E-state index contributed by atoms with van der Waals surface area (Å²) in [5.41, 5.74) is 0.938. The summed E-state index contributed by atoms with van der Waals surface area (Å²) in [4.78, 5) is 19.1. The van der Waals surface area contributed by atoms with Crippen molar-refractivity contribution >= 4 is 17.2 Å². The summed E-state index contributed by atoms with van der Waals surface area (Å²) >= 11 is 1.34. The molecule has 3 rings (SSSR count). The number of carbonyl (C=O) groups is 1. The molecule has 22 heavy (non-hydrogen) atoms. The van der Waals surface area contributed by atoms with Gasteiger partial charge in [0.15, 0.2) is 5.01 Å². The number of hydrogen-bond acceptors (Lipinski definition) is 4. The van der Waals surface area contributed by atoms with Gasteiger partial charge in [0.2, 0.25) is 0 Å². The number of rotatable bonds is 2. The van der Waals surface area contributed by atoms with Crippen molar-refractivity contribution in [1.29, 1.82) is 0 Å². The van der Waals surface area contributed by atoms with E-state index < -0.39 is 0 Å². The third-order valence-corrected chi connectivity index (χ3v) is 4.47. The van der Waals surface area contributed by atoms with Crippen molar-refractivity contribution < 1.29 is 9.53 Å². The Balaban J connectivity index is 1.69. The molecule has 2 heterocycles. The molecule has 112 valence electrons. The molecular formula is C17H16N2O2S. The van der Waals surface area contributed by atoms with Gasteiger partial charge in [0.25, 0.3) is 5.91 Å². The standard InChI is InChI=1S/C17H16N2O2S/c1-21-14-9-10-19(12-14)17(20)15-11-18-16(22-15)8-7-13-5-3-2-4-6-13/h2-6,11,14H,9-10,12H2,1H3. The molecule has 0 bridgehead atoms. The van der Waals surface area contributed by atoms with Crippen LogP contribution in [0.25, 0.3) is 0 Å². The Morgan fingerprint density at radius 1 is 1.36 bits per heavy atom. The van der Waals surface area contributed by atoms with Crippen LogP contribution in [0.5, 0.6) is 0 Å². The van der Waals surface area contributed by atoms with E-state index in [9.17, 15) is 4.79 Å². The van der Waals surface area contributed by atoms with Crippen molar-refractivity contribution in [3.63, 3.8) is 0 Å². The summed E-state index contributed by atoms with van der Waals surface area (Å²) in [6, 6.07) is 9.74. The lowest BCUT2D eigenvalue weighted by molar-refractivity contribution is 0.0728. The Bertz CT molecular complexity index is 715. The van der Waals surface area contributed by atoms with Crippen LogP contribution < -0.4 is 0 Å². The lowest BCUT2D eigenvalue weighted by Gasteiger charge is -2.14. The summed E-state index contributed by atoms with van der Waals surface area (Å²) < 4.78 is 5.29. The highest BCUT2D eigenvalue weighted by Gasteiger charge is 2.27. The largest absolute Gasteiger partial charge is 0.380 e. The van der Waals surface area contributed by atoms with Gasteiger partial charge in [-0.15, -0.1) is 11.3 Å². The Kier molecular flexibility index (Phi) is 4.52. The van der Waals surface area contributed by atoms with Crippen molar-refractivity contribution in [2.75, 3.05) is 20.2 Å². The molecule has 1 amide bonds. The molecule has 0 radical (unpaired) electrons. The maximum Gasteiger partial charge on any atom is 0.265 e.